The van der Waals surface area contributed by atoms with Crippen LogP contribution in [0.3, 0.4) is 0 Å². The molecule has 1 aromatic carbocycles. The van der Waals surface area contributed by atoms with Gasteiger partial charge in [-0.25, -0.2) is 0 Å². The number of aromatic nitrogens is 4. The van der Waals surface area contributed by atoms with Crippen molar-refractivity contribution < 1.29 is 5.11 Å². The lowest BCUT2D eigenvalue weighted by atomic mass is 10.0. The fraction of sp³-hybridized carbons (Fsp3) is 0.316. The molecule has 0 aliphatic carbocycles. The second-order valence-electron chi connectivity index (χ2n) is 7.08. The maximum Gasteiger partial charge on any atom is 0.151 e. The lowest BCUT2D eigenvalue weighted by Gasteiger charge is -2.18. The van der Waals surface area contributed by atoms with E-state index >= 15 is 0 Å². The van der Waals surface area contributed by atoms with Gasteiger partial charge in [-0.3, -0.25) is 5.10 Å². The first-order chi connectivity index (χ1) is 12.8. The predicted octanol–water partition coefficient (Wildman–Crippen LogP) is 1.89. The van der Waals surface area contributed by atoms with E-state index in [9.17, 15) is 5.11 Å². The van der Waals surface area contributed by atoms with E-state index in [1.807, 2.05) is 24.3 Å². The second-order valence-corrected chi connectivity index (χ2v) is 7.08. The van der Waals surface area contributed by atoms with Crippen molar-refractivity contribution in [1.82, 2.24) is 25.7 Å². The number of benzene rings is 1. The summed E-state index contributed by atoms with van der Waals surface area (Å²) in [5, 5.41) is 29.3. The van der Waals surface area contributed by atoms with Gasteiger partial charge in [0.1, 0.15) is 5.75 Å². The van der Waals surface area contributed by atoms with E-state index in [2.05, 4.69) is 30.6 Å². The number of hydrogen-bond acceptors (Lipinski definition) is 6. The zero-order valence-electron chi connectivity index (χ0n) is 14.3. The Balaban J connectivity index is 1.37. The van der Waals surface area contributed by atoms with Crippen LogP contribution in [0, 0.1) is 11.8 Å². The van der Waals surface area contributed by atoms with Crippen LogP contribution in [-0.4, -0.2) is 51.7 Å². The van der Waals surface area contributed by atoms with Gasteiger partial charge in [-0.05, 0) is 41.7 Å². The highest BCUT2D eigenvalue weighted by Crippen LogP contribution is 2.33. The van der Waals surface area contributed by atoms with E-state index in [-0.39, 0.29) is 5.75 Å². The molecule has 0 amide bonds. The van der Waals surface area contributed by atoms with Gasteiger partial charge in [0, 0.05) is 43.5 Å². The number of H-pyrrole nitrogens is 1. The molecule has 2 fully saturated rings. The number of phenols is 1. The van der Waals surface area contributed by atoms with Gasteiger partial charge in [0.05, 0.1) is 11.9 Å². The maximum atomic E-state index is 10.4. The first-order valence-electron chi connectivity index (χ1n) is 8.90. The number of fused-ring (bicyclic) bond motifs is 1. The van der Waals surface area contributed by atoms with Gasteiger partial charge in [0.2, 0.25) is 0 Å². The molecule has 7 heteroatoms. The van der Waals surface area contributed by atoms with Gasteiger partial charge in [0.15, 0.2) is 5.82 Å². The van der Waals surface area contributed by atoms with Crippen LogP contribution >= 0.6 is 0 Å². The molecule has 3 N–H and O–H groups in total. The summed E-state index contributed by atoms with van der Waals surface area (Å²) < 4.78 is 0. The molecular formula is C19H20N6O. The van der Waals surface area contributed by atoms with E-state index in [0.717, 1.165) is 55.0 Å². The van der Waals surface area contributed by atoms with Gasteiger partial charge >= 0.3 is 0 Å². The highest BCUT2D eigenvalue weighted by Gasteiger charge is 2.36. The summed E-state index contributed by atoms with van der Waals surface area (Å²) >= 11 is 0. The molecule has 2 aliphatic heterocycles. The van der Waals surface area contributed by atoms with E-state index in [4.69, 9.17) is 0 Å². The fourth-order valence-corrected chi connectivity index (χ4v) is 4.02. The Morgan fingerprint density at radius 3 is 2.50 bits per heavy atom. The van der Waals surface area contributed by atoms with E-state index in [0.29, 0.717) is 11.3 Å². The fourth-order valence-electron chi connectivity index (χ4n) is 4.02. The number of aromatic amines is 1. The summed E-state index contributed by atoms with van der Waals surface area (Å²) in [5.41, 5.74) is 3.19. The second kappa shape index (κ2) is 6.10. The van der Waals surface area contributed by atoms with Crippen molar-refractivity contribution in [2.24, 2.45) is 11.8 Å². The van der Waals surface area contributed by atoms with Crippen LogP contribution in [0.1, 0.15) is 0 Å². The molecule has 2 saturated heterocycles. The smallest absolute Gasteiger partial charge is 0.151 e. The molecule has 2 atom stereocenters. The first-order valence-corrected chi connectivity index (χ1v) is 8.90. The minimum atomic E-state index is 0.188. The van der Waals surface area contributed by atoms with Crippen LogP contribution in [0.25, 0.3) is 22.4 Å². The molecule has 4 heterocycles. The lowest BCUT2D eigenvalue weighted by Crippen LogP contribution is -2.26. The zero-order valence-corrected chi connectivity index (χ0v) is 14.3. The van der Waals surface area contributed by atoms with Crippen molar-refractivity contribution in [3.8, 4) is 28.1 Å². The quantitative estimate of drug-likeness (QED) is 0.670. The number of anilines is 1. The molecule has 26 heavy (non-hydrogen) atoms. The third-order valence-electron chi connectivity index (χ3n) is 5.47. The van der Waals surface area contributed by atoms with Crippen molar-refractivity contribution in [1.29, 1.82) is 0 Å². The average Bonchev–Trinajstić information content (AvgIpc) is 3.39. The van der Waals surface area contributed by atoms with E-state index < -0.39 is 0 Å². The topological polar surface area (TPSA) is 90.0 Å². The Hall–Kier alpha value is -2.93. The first kappa shape index (κ1) is 15.3. The van der Waals surface area contributed by atoms with Crippen molar-refractivity contribution in [2.75, 3.05) is 31.1 Å². The number of phenolic OH excluding ortho intramolecular Hbond substituents is 1. The van der Waals surface area contributed by atoms with E-state index in [1.165, 1.54) is 0 Å². The Bertz CT molecular complexity index is 896. The Kier molecular flexibility index (Phi) is 3.60. The molecule has 0 bridgehead atoms. The molecular weight excluding hydrogens is 328 g/mol. The Morgan fingerprint density at radius 1 is 1.00 bits per heavy atom. The Morgan fingerprint density at radius 2 is 1.85 bits per heavy atom. The largest absolute Gasteiger partial charge is 0.507 e. The summed E-state index contributed by atoms with van der Waals surface area (Å²) in [4.78, 5) is 2.31. The van der Waals surface area contributed by atoms with Gasteiger partial charge in [-0.15, -0.1) is 10.2 Å². The minimum absolute atomic E-state index is 0.188. The maximum absolute atomic E-state index is 10.4. The summed E-state index contributed by atoms with van der Waals surface area (Å²) in [6, 6.07) is 9.48. The molecule has 0 saturated carbocycles. The number of hydrogen-bond donors (Lipinski definition) is 3. The van der Waals surface area contributed by atoms with Gasteiger partial charge in [-0.1, -0.05) is 6.07 Å². The third-order valence-corrected chi connectivity index (χ3v) is 5.47. The molecule has 0 radical (unpaired) electrons. The zero-order chi connectivity index (χ0) is 17.5. The van der Waals surface area contributed by atoms with Crippen LogP contribution in [0.2, 0.25) is 0 Å². The van der Waals surface area contributed by atoms with Crippen molar-refractivity contribution in [3.63, 3.8) is 0 Å². The van der Waals surface area contributed by atoms with Gasteiger partial charge in [-0.2, -0.15) is 5.10 Å². The molecule has 7 nitrogen and oxygen atoms in total. The van der Waals surface area contributed by atoms with E-state index in [1.54, 1.807) is 18.5 Å². The summed E-state index contributed by atoms with van der Waals surface area (Å²) in [7, 11) is 0. The number of nitrogens with one attached hydrogen (secondary N) is 2. The van der Waals surface area contributed by atoms with Gasteiger partial charge < -0.3 is 15.3 Å². The molecule has 2 aromatic heterocycles. The highest BCUT2D eigenvalue weighted by atomic mass is 16.3. The van der Waals surface area contributed by atoms with Crippen molar-refractivity contribution in [3.05, 3.63) is 42.7 Å². The Labute approximate surface area is 151 Å². The van der Waals surface area contributed by atoms with Crippen LogP contribution in [0.15, 0.2) is 42.7 Å². The normalized spacial score (nSPS) is 21.9. The SMILES string of the molecule is Oc1cc(-c2cn[nH]c2)ccc1-c1ccc(N2C[C@H]3CNC[C@@H]3C2)nn1. The van der Waals surface area contributed by atoms with Crippen LogP contribution in [0.5, 0.6) is 5.75 Å². The van der Waals surface area contributed by atoms with Crippen molar-refractivity contribution >= 4 is 5.82 Å². The highest BCUT2D eigenvalue weighted by molar-refractivity contribution is 5.73. The molecule has 3 aromatic rings. The third kappa shape index (κ3) is 2.61. The van der Waals surface area contributed by atoms with Crippen LogP contribution < -0.4 is 10.2 Å². The molecule has 0 unspecified atom stereocenters. The molecule has 2 aliphatic rings. The molecule has 132 valence electrons. The van der Waals surface area contributed by atoms with Gasteiger partial charge in [0.25, 0.3) is 0 Å². The monoisotopic (exact) mass is 348 g/mol. The number of nitrogens with zero attached hydrogens (tertiary/aromatic N) is 4. The minimum Gasteiger partial charge on any atom is -0.507 e. The lowest BCUT2D eigenvalue weighted by molar-refractivity contribution is 0.477. The average molecular weight is 348 g/mol. The summed E-state index contributed by atoms with van der Waals surface area (Å²) in [5.74, 6) is 2.54. The molecule has 0 spiro atoms. The standard InChI is InChI=1S/C19H20N6O/c26-18-5-12(13-8-21-22-9-13)1-2-16(18)17-3-4-19(24-23-17)25-10-14-6-20-7-15(14)11-25/h1-5,8-9,14-15,20,26H,6-7,10-11H2,(H,21,22)/t14-,15-/m1/s1. The number of aromatic hydroxyl groups is 1. The number of rotatable bonds is 3. The summed E-state index contributed by atoms with van der Waals surface area (Å²) in [6.45, 7) is 4.28. The van der Waals surface area contributed by atoms with Crippen LogP contribution in [0.4, 0.5) is 5.82 Å². The molecule has 5 rings (SSSR count). The van der Waals surface area contributed by atoms with Crippen molar-refractivity contribution in [2.45, 2.75) is 0 Å². The summed E-state index contributed by atoms with van der Waals surface area (Å²) in [6.07, 6.45) is 3.52. The van der Waals surface area contributed by atoms with Crippen LogP contribution in [-0.2, 0) is 0 Å². The predicted molar refractivity (Wildman–Crippen MR) is 98.8 cm³/mol.